The highest BCUT2D eigenvalue weighted by atomic mass is 79.9. The maximum Gasteiger partial charge on any atom is 0.573 e. The lowest BCUT2D eigenvalue weighted by atomic mass is 10.2. The van der Waals surface area contributed by atoms with Gasteiger partial charge in [0.2, 0.25) is 0 Å². The van der Waals surface area contributed by atoms with Crippen LogP contribution in [0.2, 0.25) is 0 Å². The molecule has 0 atom stereocenters. The number of halogens is 9. The molecule has 23 heavy (non-hydrogen) atoms. The first kappa shape index (κ1) is 17.5. The number of hydrogen-bond donors (Lipinski definition) is 1. The minimum atomic E-state index is -5.18. The quantitative estimate of drug-likeness (QED) is 0.704. The number of imidazole rings is 1. The highest BCUT2D eigenvalue weighted by Crippen LogP contribution is 2.37. The Morgan fingerprint density at radius 1 is 1.00 bits per heavy atom. The van der Waals surface area contributed by atoms with Crippen LogP contribution in [0, 0.1) is 11.6 Å². The molecule has 12 heteroatoms. The lowest BCUT2D eigenvalue weighted by Crippen LogP contribution is -2.17. The van der Waals surface area contributed by atoms with Crippen LogP contribution in [-0.4, -0.2) is 16.3 Å². The van der Waals surface area contributed by atoms with Gasteiger partial charge in [0.25, 0.3) is 0 Å². The van der Waals surface area contributed by atoms with Crippen molar-refractivity contribution in [3.63, 3.8) is 0 Å². The van der Waals surface area contributed by atoms with E-state index in [-0.39, 0.29) is 12.1 Å². The lowest BCUT2D eigenvalue weighted by molar-refractivity contribution is -0.274. The average Bonchev–Trinajstić information content (AvgIpc) is 2.67. The normalized spacial score (nSPS) is 12.6. The summed E-state index contributed by atoms with van der Waals surface area (Å²) in [5, 5.41) is 0. The van der Waals surface area contributed by atoms with Gasteiger partial charge in [-0.25, -0.2) is 13.8 Å². The van der Waals surface area contributed by atoms with Gasteiger partial charge in [-0.05, 0) is 15.9 Å². The number of benzene rings is 1. The van der Waals surface area contributed by atoms with Gasteiger partial charge >= 0.3 is 12.5 Å². The second kappa shape index (κ2) is 5.65. The van der Waals surface area contributed by atoms with Crippen molar-refractivity contribution in [2.45, 2.75) is 12.5 Å². The van der Waals surface area contributed by atoms with Crippen LogP contribution in [0.15, 0.2) is 16.7 Å². The summed E-state index contributed by atoms with van der Waals surface area (Å²) >= 11 is 2.47. The Morgan fingerprint density at radius 3 is 1.91 bits per heavy atom. The third-order valence-corrected chi connectivity index (χ3v) is 3.00. The molecule has 0 aliphatic carbocycles. The molecule has 0 saturated carbocycles. The van der Waals surface area contributed by atoms with Gasteiger partial charge in [0.15, 0.2) is 5.69 Å². The molecule has 3 nitrogen and oxygen atoms in total. The zero-order valence-electron chi connectivity index (χ0n) is 10.4. The number of nitrogens with zero attached hydrogens (tertiary/aromatic N) is 1. The van der Waals surface area contributed by atoms with Crippen LogP contribution < -0.4 is 4.74 Å². The highest BCUT2D eigenvalue weighted by Gasteiger charge is 2.37. The summed E-state index contributed by atoms with van der Waals surface area (Å²) in [6.45, 7) is 0. The van der Waals surface area contributed by atoms with Crippen LogP contribution in [0.25, 0.3) is 11.4 Å². The first-order valence-electron chi connectivity index (χ1n) is 5.46. The van der Waals surface area contributed by atoms with Crippen molar-refractivity contribution in [3.05, 3.63) is 34.1 Å². The first-order valence-corrected chi connectivity index (χ1v) is 6.25. The van der Waals surface area contributed by atoms with E-state index in [0.717, 1.165) is 0 Å². The number of nitrogens with one attached hydrogen (secondary N) is 1. The summed E-state index contributed by atoms with van der Waals surface area (Å²) in [6, 6.07) is 0.352. The molecule has 0 aliphatic rings. The minimum absolute atomic E-state index is 0.176. The molecule has 0 radical (unpaired) electrons. The van der Waals surface area contributed by atoms with Crippen molar-refractivity contribution in [1.29, 1.82) is 0 Å². The number of rotatable bonds is 2. The summed E-state index contributed by atoms with van der Waals surface area (Å²) < 4.78 is 104. The molecule has 0 unspecified atom stereocenters. The van der Waals surface area contributed by atoms with E-state index >= 15 is 0 Å². The molecule has 0 spiro atoms. The molecule has 2 rings (SSSR count). The van der Waals surface area contributed by atoms with Crippen molar-refractivity contribution in [2.75, 3.05) is 0 Å². The maximum absolute atomic E-state index is 13.8. The van der Waals surface area contributed by atoms with Crippen molar-refractivity contribution in [1.82, 2.24) is 9.97 Å². The molecule has 0 saturated heterocycles. The Morgan fingerprint density at radius 2 is 1.52 bits per heavy atom. The van der Waals surface area contributed by atoms with E-state index in [9.17, 15) is 35.1 Å². The molecule has 2 aromatic rings. The van der Waals surface area contributed by atoms with Gasteiger partial charge in [0.1, 0.15) is 27.8 Å². The Hall–Kier alpha value is -1.85. The standard InChI is InChI=1S/C11H3BrF8N2O/c12-8-7(10(15,16)17)21-9(22-8)6-4(13)1-3(2-5(6)14)23-11(18,19)20/h1-2H,(H,21,22). The van der Waals surface area contributed by atoms with Crippen LogP contribution >= 0.6 is 15.9 Å². The third-order valence-electron chi connectivity index (χ3n) is 2.43. The Labute approximate surface area is 130 Å². The fraction of sp³-hybridized carbons (Fsp3) is 0.182. The van der Waals surface area contributed by atoms with Gasteiger partial charge in [-0.15, -0.1) is 13.2 Å². The van der Waals surface area contributed by atoms with Gasteiger partial charge in [0.05, 0.1) is 5.56 Å². The first-order chi connectivity index (χ1) is 10.4. The van der Waals surface area contributed by atoms with Crippen LogP contribution in [0.3, 0.4) is 0 Å². The summed E-state index contributed by atoms with van der Waals surface area (Å²) in [7, 11) is 0. The molecule has 1 aromatic carbocycles. The molecule has 0 aliphatic heterocycles. The molecule has 1 N–H and O–H groups in total. The number of ether oxygens (including phenoxy) is 1. The molecule has 1 aromatic heterocycles. The predicted molar refractivity (Wildman–Crippen MR) is 63.3 cm³/mol. The number of aromatic nitrogens is 2. The van der Waals surface area contributed by atoms with Crippen LogP contribution in [0.5, 0.6) is 5.75 Å². The molecule has 0 amide bonds. The van der Waals surface area contributed by atoms with E-state index in [2.05, 4.69) is 25.7 Å². The topological polar surface area (TPSA) is 37.9 Å². The molecule has 126 valence electrons. The zero-order valence-corrected chi connectivity index (χ0v) is 12.0. The van der Waals surface area contributed by atoms with E-state index in [1.165, 1.54) is 0 Å². The number of hydrogen-bond acceptors (Lipinski definition) is 2. The van der Waals surface area contributed by atoms with Crippen molar-refractivity contribution >= 4 is 15.9 Å². The average molecular weight is 411 g/mol. The largest absolute Gasteiger partial charge is 0.573 e. The van der Waals surface area contributed by atoms with E-state index in [4.69, 9.17) is 0 Å². The maximum atomic E-state index is 13.8. The van der Waals surface area contributed by atoms with E-state index in [1.54, 1.807) is 4.98 Å². The Kier molecular flexibility index (Phi) is 4.30. The number of aromatic amines is 1. The summed E-state index contributed by atoms with van der Waals surface area (Å²) in [4.78, 5) is 4.93. The van der Waals surface area contributed by atoms with Crippen LogP contribution in [-0.2, 0) is 6.18 Å². The highest BCUT2D eigenvalue weighted by molar-refractivity contribution is 9.10. The Bertz CT molecular complexity index is 714. The van der Waals surface area contributed by atoms with Gasteiger partial charge in [-0.3, -0.25) is 0 Å². The van der Waals surface area contributed by atoms with Crippen molar-refractivity contribution in [2.24, 2.45) is 0 Å². The van der Waals surface area contributed by atoms with Crippen LogP contribution in [0.1, 0.15) is 5.69 Å². The fourth-order valence-electron chi connectivity index (χ4n) is 1.63. The monoisotopic (exact) mass is 410 g/mol. The van der Waals surface area contributed by atoms with Gasteiger partial charge < -0.3 is 9.72 Å². The fourth-order valence-corrected chi connectivity index (χ4v) is 2.13. The minimum Gasteiger partial charge on any atom is -0.406 e. The lowest BCUT2D eigenvalue weighted by Gasteiger charge is -2.10. The predicted octanol–water partition coefficient (Wildman–Crippen LogP) is 5.03. The number of alkyl halides is 6. The van der Waals surface area contributed by atoms with Gasteiger partial charge in [0, 0.05) is 12.1 Å². The molecular weight excluding hydrogens is 408 g/mol. The van der Waals surface area contributed by atoms with Crippen LogP contribution in [0.4, 0.5) is 35.1 Å². The second-order valence-corrected chi connectivity index (χ2v) is 4.81. The Balaban J connectivity index is 2.49. The zero-order chi connectivity index (χ0) is 17.6. The van der Waals surface area contributed by atoms with Gasteiger partial charge in [-0.2, -0.15) is 13.2 Å². The summed E-state index contributed by atoms with van der Waals surface area (Å²) in [5.74, 6) is -5.21. The van der Waals surface area contributed by atoms with E-state index in [1.807, 2.05) is 0 Å². The molecular formula is C11H3BrF8N2O. The second-order valence-electron chi connectivity index (χ2n) is 4.06. The molecule has 1 heterocycles. The van der Waals surface area contributed by atoms with Crippen molar-refractivity contribution < 1.29 is 39.9 Å². The molecule has 0 bridgehead atoms. The van der Waals surface area contributed by atoms with E-state index < -0.39 is 51.6 Å². The summed E-state index contributed by atoms with van der Waals surface area (Å²) in [6.07, 6.45) is -10.1. The smallest absolute Gasteiger partial charge is 0.406 e. The SMILES string of the molecule is Fc1cc(OC(F)(F)F)cc(F)c1-c1nc(Br)c(C(F)(F)F)[nH]1. The van der Waals surface area contributed by atoms with E-state index in [0.29, 0.717) is 0 Å². The summed E-state index contributed by atoms with van der Waals surface area (Å²) in [5.41, 5.74) is -2.46. The third kappa shape index (κ3) is 3.92. The number of H-pyrrole nitrogens is 1. The molecule has 0 fully saturated rings. The van der Waals surface area contributed by atoms with Gasteiger partial charge in [-0.1, -0.05) is 0 Å². The van der Waals surface area contributed by atoms with Crippen molar-refractivity contribution in [3.8, 4) is 17.1 Å².